The first-order valence-corrected chi connectivity index (χ1v) is 10.5. The van der Waals surface area contributed by atoms with Crippen molar-refractivity contribution >= 4 is 11.7 Å². The predicted octanol–water partition coefficient (Wildman–Crippen LogP) is 3.42. The Balaban J connectivity index is 1.36. The monoisotopic (exact) mass is 420 g/mol. The van der Waals surface area contributed by atoms with E-state index in [1.54, 1.807) is 14.2 Å². The zero-order valence-electron chi connectivity index (χ0n) is 17.9. The van der Waals surface area contributed by atoms with Crippen LogP contribution in [0.5, 0.6) is 11.5 Å². The van der Waals surface area contributed by atoms with Crippen LogP contribution >= 0.6 is 0 Å². The summed E-state index contributed by atoms with van der Waals surface area (Å²) in [5.74, 6) is 2.52. The van der Waals surface area contributed by atoms with Gasteiger partial charge in [0.25, 0.3) is 0 Å². The van der Waals surface area contributed by atoms with Crippen molar-refractivity contribution in [2.24, 2.45) is 0 Å². The maximum absolute atomic E-state index is 12.6. The van der Waals surface area contributed by atoms with Crippen LogP contribution < -0.4 is 19.7 Å². The molecule has 4 rings (SSSR count). The van der Waals surface area contributed by atoms with Crippen molar-refractivity contribution in [3.8, 4) is 22.8 Å². The normalized spacial score (nSPS) is 16.1. The summed E-state index contributed by atoms with van der Waals surface area (Å²) in [6.07, 6.45) is 2.32. The highest BCUT2D eigenvalue weighted by Gasteiger charge is 2.23. The zero-order chi connectivity index (χ0) is 21.6. The van der Waals surface area contributed by atoms with Crippen molar-refractivity contribution in [1.29, 1.82) is 0 Å². The summed E-state index contributed by atoms with van der Waals surface area (Å²) in [7, 11) is 3.29. The smallest absolute Gasteiger partial charge is 0.224 e. The number of rotatable bonds is 7. The van der Waals surface area contributed by atoms with Gasteiger partial charge in [-0.25, -0.2) is 0 Å². The first kappa shape index (κ1) is 20.8. The van der Waals surface area contributed by atoms with Gasteiger partial charge in [0, 0.05) is 25.2 Å². The number of benzene rings is 2. The van der Waals surface area contributed by atoms with Crippen LogP contribution in [0.3, 0.4) is 0 Å². The van der Waals surface area contributed by atoms with E-state index < -0.39 is 0 Å². The van der Waals surface area contributed by atoms with Crippen LogP contribution in [0, 0.1) is 0 Å². The van der Waals surface area contributed by atoms with E-state index in [1.807, 2.05) is 48.5 Å². The molecule has 31 heavy (non-hydrogen) atoms. The number of hydrogen-bond acceptors (Lipinski definition) is 5. The minimum Gasteiger partial charge on any atom is -0.497 e. The zero-order valence-corrected chi connectivity index (χ0v) is 17.9. The van der Waals surface area contributed by atoms with Gasteiger partial charge >= 0.3 is 0 Å². The van der Waals surface area contributed by atoms with Gasteiger partial charge in [-0.3, -0.25) is 9.89 Å². The molecule has 162 valence electrons. The van der Waals surface area contributed by atoms with E-state index in [4.69, 9.17) is 9.47 Å². The molecule has 3 aromatic rings. The van der Waals surface area contributed by atoms with E-state index in [9.17, 15) is 4.79 Å². The molecule has 0 bridgehead atoms. The SMILES string of the molecule is COc1ccc(-c2cc(N3CCC[C@H](NC(=O)Cc4cccc(OC)c4)C3)n[nH]2)cc1. The number of amides is 1. The highest BCUT2D eigenvalue weighted by atomic mass is 16.5. The molecule has 1 saturated heterocycles. The van der Waals surface area contributed by atoms with Gasteiger partial charge in [0.15, 0.2) is 5.82 Å². The number of H-pyrrole nitrogens is 1. The second kappa shape index (κ2) is 9.55. The van der Waals surface area contributed by atoms with E-state index in [1.165, 1.54) is 0 Å². The molecule has 0 aliphatic carbocycles. The van der Waals surface area contributed by atoms with E-state index >= 15 is 0 Å². The number of aromatic nitrogens is 2. The Labute approximate surface area is 182 Å². The Hall–Kier alpha value is -3.48. The summed E-state index contributed by atoms with van der Waals surface area (Å²) >= 11 is 0. The van der Waals surface area contributed by atoms with Crippen LogP contribution in [0.25, 0.3) is 11.3 Å². The topological polar surface area (TPSA) is 79.5 Å². The highest BCUT2D eigenvalue weighted by molar-refractivity contribution is 5.79. The molecule has 1 atom stereocenters. The largest absolute Gasteiger partial charge is 0.497 e. The van der Waals surface area contributed by atoms with Crippen molar-refractivity contribution in [2.45, 2.75) is 25.3 Å². The van der Waals surface area contributed by atoms with Crippen molar-refractivity contribution in [2.75, 3.05) is 32.2 Å². The number of nitrogens with one attached hydrogen (secondary N) is 2. The molecule has 2 N–H and O–H groups in total. The Morgan fingerprint density at radius 3 is 2.71 bits per heavy atom. The summed E-state index contributed by atoms with van der Waals surface area (Å²) in [5, 5.41) is 10.8. The van der Waals surface area contributed by atoms with Crippen molar-refractivity contribution < 1.29 is 14.3 Å². The lowest BCUT2D eigenvalue weighted by Crippen LogP contribution is -2.48. The molecule has 1 amide bonds. The third-order valence-corrected chi connectivity index (χ3v) is 5.57. The maximum atomic E-state index is 12.6. The molecule has 1 aliphatic rings. The quantitative estimate of drug-likeness (QED) is 0.612. The Kier molecular flexibility index (Phi) is 6.40. The average molecular weight is 421 g/mol. The molecular formula is C24H28N4O3. The standard InChI is InChI=1S/C24H28N4O3/c1-30-20-10-8-18(9-11-20)22-15-23(27-26-22)28-12-4-6-19(16-28)25-24(29)14-17-5-3-7-21(13-17)31-2/h3,5,7-11,13,15,19H,4,6,12,14,16H2,1-2H3,(H,25,29)(H,26,27)/t19-/m0/s1. The highest BCUT2D eigenvalue weighted by Crippen LogP contribution is 2.25. The summed E-state index contributed by atoms with van der Waals surface area (Å²) in [6, 6.07) is 17.7. The van der Waals surface area contributed by atoms with Crippen molar-refractivity contribution in [3.05, 3.63) is 60.2 Å². The summed E-state index contributed by atoms with van der Waals surface area (Å²) in [6.45, 7) is 1.67. The van der Waals surface area contributed by atoms with Crippen molar-refractivity contribution in [1.82, 2.24) is 15.5 Å². The molecule has 0 spiro atoms. The van der Waals surface area contributed by atoms with Gasteiger partial charge in [-0.05, 0) is 60.4 Å². The third kappa shape index (κ3) is 5.17. The van der Waals surface area contributed by atoms with Crippen molar-refractivity contribution in [3.63, 3.8) is 0 Å². The van der Waals surface area contributed by atoms with E-state index in [-0.39, 0.29) is 11.9 Å². The number of carbonyl (C=O) groups is 1. The molecule has 7 heteroatoms. The van der Waals surface area contributed by atoms with Crippen LogP contribution in [0.15, 0.2) is 54.6 Å². The molecule has 0 unspecified atom stereocenters. The van der Waals surface area contributed by atoms with Gasteiger partial charge < -0.3 is 19.7 Å². The summed E-state index contributed by atoms with van der Waals surface area (Å²) in [4.78, 5) is 14.8. The van der Waals surface area contributed by atoms with Crippen LogP contribution in [0.4, 0.5) is 5.82 Å². The molecule has 1 aliphatic heterocycles. The number of nitrogens with zero attached hydrogens (tertiary/aromatic N) is 2. The molecule has 2 heterocycles. The van der Waals surface area contributed by atoms with Gasteiger partial charge in [0.1, 0.15) is 11.5 Å². The Morgan fingerprint density at radius 2 is 1.94 bits per heavy atom. The minimum absolute atomic E-state index is 0.0288. The van der Waals surface area contributed by atoms with Gasteiger partial charge in [-0.2, -0.15) is 5.10 Å². The summed E-state index contributed by atoms with van der Waals surface area (Å²) in [5.41, 5.74) is 2.96. The van der Waals surface area contributed by atoms with E-state index in [2.05, 4.69) is 26.5 Å². The molecule has 1 fully saturated rings. The van der Waals surface area contributed by atoms with Gasteiger partial charge in [0.05, 0.1) is 26.3 Å². The second-order valence-electron chi connectivity index (χ2n) is 7.75. The molecule has 0 radical (unpaired) electrons. The number of ether oxygens (including phenoxy) is 2. The fraction of sp³-hybridized carbons (Fsp3) is 0.333. The third-order valence-electron chi connectivity index (χ3n) is 5.57. The molecule has 1 aromatic heterocycles. The first-order valence-electron chi connectivity index (χ1n) is 10.5. The van der Waals surface area contributed by atoms with Gasteiger partial charge in [-0.15, -0.1) is 0 Å². The lowest BCUT2D eigenvalue weighted by Gasteiger charge is -2.33. The molecule has 2 aromatic carbocycles. The van der Waals surface area contributed by atoms with Crippen LogP contribution in [0.1, 0.15) is 18.4 Å². The molecule has 0 saturated carbocycles. The number of aromatic amines is 1. The molecular weight excluding hydrogens is 392 g/mol. The lowest BCUT2D eigenvalue weighted by atomic mass is 10.0. The van der Waals surface area contributed by atoms with E-state index in [0.29, 0.717) is 6.42 Å². The number of piperidine rings is 1. The lowest BCUT2D eigenvalue weighted by molar-refractivity contribution is -0.121. The maximum Gasteiger partial charge on any atom is 0.224 e. The predicted molar refractivity (Wildman–Crippen MR) is 121 cm³/mol. The number of anilines is 1. The number of hydrogen-bond donors (Lipinski definition) is 2. The number of carbonyl (C=O) groups excluding carboxylic acids is 1. The van der Waals surface area contributed by atoms with Crippen LogP contribution in [-0.2, 0) is 11.2 Å². The van der Waals surface area contributed by atoms with Crippen LogP contribution in [0.2, 0.25) is 0 Å². The average Bonchev–Trinajstić information content (AvgIpc) is 3.30. The first-order chi connectivity index (χ1) is 15.1. The Bertz CT molecular complexity index is 1020. The van der Waals surface area contributed by atoms with Gasteiger partial charge in [0.2, 0.25) is 5.91 Å². The fourth-order valence-corrected chi connectivity index (χ4v) is 3.94. The van der Waals surface area contributed by atoms with Gasteiger partial charge in [-0.1, -0.05) is 12.1 Å². The fourth-order valence-electron chi connectivity index (χ4n) is 3.94. The van der Waals surface area contributed by atoms with Crippen LogP contribution in [-0.4, -0.2) is 49.5 Å². The minimum atomic E-state index is 0.0288. The second-order valence-corrected chi connectivity index (χ2v) is 7.75. The number of methoxy groups -OCH3 is 2. The Morgan fingerprint density at radius 1 is 1.13 bits per heavy atom. The van der Waals surface area contributed by atoms with E-state index in [0.717, 1.165) is 60.1 Å². The molecule has 7 nitrogen and oxygen atoms in total. The summed E-state index contributed by atoms with van der Waals surface area (Å²) < 4.78 is 10.5.